The molecule has 1 saturated heterocycles. The maximum absolute atomic E-state index is 14.0. The first-order valence-corrected chi connectivity index (χ1v) is 12.0. The number of likely N-dealkylation sites (tertiary alicyclic amines) is 1. The Labute approximate surface area is 193 Å². The lowest BCUT2D eigenvalue weighted by atomic mass is 10.1. The number of anilines is 1. The van der Waals surface area contributed by atoms with Crippen molar-refractivity contribution >= 4 is 52.3 Å². The monoisotopic (exact) mass is 483 g/mol. The van der Waals surface area contributed by atoms with Crippen molar-refractivity contribution in [3.8, 4) is 5.75 Å². The van der Waals surface area contributed by atoms with Gasteiger partial charge in [0.1, 0.15) is 23.5 Å². The number of benzene rings is 2. The van der Waals surface area contributed by atoms with Crippen LogP contribution in [-0.4, -0.2) is 29.1 Å². The Kier molecular flexibility index (Phi) is 7.38. The van der Waals surface area contributed by atoms with Crippen LogP contribution in [-0.2, 0) is 6.54 Å². The smallest absolute Gasteiger partial charge is 0.147 e. The van der Waals surface area contributed by atoms with Gasteiger partial charge >= 0.3 is 0 Å². The quantitative estimate of drug-likeness (QED) is 0.376. The Morgan fingerprint density at radius 1 is 1.20 bits per heavy atom. The van der Waals surface area contributed by atoms with Crippen molar-refractivity contribution in [2.24, 2.45) is 0 Å². The summed E-state index contributed by atoms with van der Waals surface area (Å²) in [6.45, 7) is 2.22. The molecule has 1 aliphatic heterocycles. The number of thiazole rings is 1. The summed E-state index contributed by atoms with van der Waals surface area (Å²) < 4.78 is 23.3. The summed E-state index contributed by atoms with van der Waals surface area (Å²) in [4.78, 5) is 7.39. The van der Waals surface area contributed by atoms with Gasteiger partial charge in [0.05, 0.1) is 10.5 Å². The van der Waals surface area contributed by atoms with Gasteiger partial charge in [-0.2, -0.15) is 0 Å². The molecule has 0 aliphatic carbocycles. The first kappa shape index (κ1) is 21.7. The van der Waals surface area contributed by atoms with Gasteiger partial charge in [0.15, 0.2) is 0 Å². The third-order valence-electron chi connectivity index (χ3n) is 4.84. The summed E-state index contributed by atoms with van der Waals surface area (Å²) in [5.74, 6) is 1.30. The molecule has 0 unspecified atom stereocenters. The minimum Gasteiger partial charge on any atom is -0.489 e. The predicted octanol–water partition coefficient (Wildman–Crippen LogP) is 6.75. The van der Waals surface area contributed by atoms with Crippen molar-refractivity contribution in [2.45, 2.75) is 30.4 Å². The van der Waals surface area contributed by atoms with Crippen LogP contribution in [0.3, 0.4) is 0 Å². The van der Waals surface area contributed by atoms with Crippen LogP contribution in [0.5, 0.6) is 5.75 Å². The lowest BCUT2D eigenvalue weighted by molar-refractivity contribution is 0.0962. The zero-order valence-electron chi connectivity index (χ0n) is 16.0. The maximum atomic E-state index is 14.0. The molecule has 0 radical (unpaired) electrons. The van der Waals surface area contributed by atoms with Crippen molar-refractivity contribution in [1.29, 1.82) is 0 Å². The summed E-state index contributed by atoms with van der Waals surface area (Å²) in [7, 11) is 0. The molecular formula is C21H20Cl2FN3OS2. The van der Waals surface area contributed by atoms with E-state index in [1.54, 1.807) is 29.0 Å². The van der Waals surface area contributed by atoms with Crippen LogP contribution in [0.25, 0.3) is 0 Å². The Bertz CT molecular complexity index is 982. The Hall–Kier alpha value is -1.51. The van der Waals surface area contributed by atoms with E-state index in [1.165, 1.54) is 18.0 Å². The third kappa shape index (κ3) is 5.80. The number of piperidine rings is 1. The Balaban J connectivity index is 1.27. The predicted molar refractivity (Wildman–Crippen MR) is 123 cm³/mol. The number of hydrogen-bond donors (Lipinski definition) is 1. The molecule has 0 amide bonds. The molecule has 0 saturated carbocycles. The summed E-state index contributed by atoms with van der Waals surface area (Å²) in [5.41, 5.74) is 2.41. The topological polar surface area (TPSA) is 37.4 Å². The van der Waals surface area contributed by atoms with Gasteiger partial charge in [-0.15, -0.1) is 11.3 Å². The number of aromatic nitrogens is 1. The number of halogens is 3. The highest BCUT2D eigenvalue weighted by atomic mass is 35.5. The number of nitrogens with zero attached hydrogens (tertiary/aromatic N) is 2. The molecule has 9 heteroatoms. The van der Waals surface area contributed by atoms with Gasteiger partial charge in [-0.1, -0.05) is 23.2 Å². The number of nitrogens with one attached hydrogen (secondary N) is 1. The fourth-order valence-corrected chi connectivity index (χ4v) is 4.97. The Morgan fingerprint density at radius 3 is 2.77 bits per heavy atom. The normalized spacial score (nSPS) is 15.3. The fraction of sp³-hybridized carbons (Fsp3) is 0.286. The molecular weight excluding hydrogens is 464 g/mol. The lowest BCUT2D eigenvalue weighted by Gasteiger charge is -2.32. The van der Waals surface area contributed by atoms with E-state index in [9.17, 15) is 4.39 Å². The molecule has 2 aromatic carbocycles. The molecule has 0 atom stereocenters. The highest BCUT2D eigenvalue weighted by Crippen LogP contribution is 2.32. The molecule has 158 valence electrons. The van der Waals surface area contributed by atoms with E-state index in [2.05, 4.69) is 14.6 Å². The van der Waals surface area contributed by atoms with Crippen LogP contribution in [0.4, 0.5) is 10.2 Å². The van der Waals surface area contributed by atoms with Gasteiger partial charge < -0.3 is 9.46 Å². The molecule has 3 aromatic rings. The van der Waals surface area contributed by atoms with Gasteiger partial charge in [-0.25, -0.2) is 9.37 Å². The molecule has 2 heterocycles. The zero-order valence-corrected chi connectivity index (χ0v) is 19.1. The molecule has 30 heavy (non-hydrogen) atoms. The second-order valence-corrected chi connectivity index (χ2v) is 9.44. The van der Waals surface area contributed by atoms with Crippen LogP contribution in [0.2, 0.25) is 10.0 Å². The first-order chi connectivity index (χ1) is 14.6. The SMILES string of the molecule is Fc1ccc(Cl)cc1CN1CCC(Oc2ccc(SNc3cscn3)cc2Cl)CC1. The molecule has 4 rings (SSSR count). The van der Waals surface area contributed by atoms with Gasteiger partial charge in [0.25, 0.3) is 0 Å². The fourth-order valence-electron chi connectivity index (χ4n) is 3.28. The summed E-state index contributed by atoms with van der Waals surface area (Å²) >= 11 is 15.4. The molecule has 1 aromatic heterocycles. The van der Waals surface area contributed by atoms with Gasteiger partial charge in [-0.05, 0) is 61.2 Å². The minimum atomic E-state index is -0.216. The summed E-state index contributed by atoms with van der Waals surface area (Å²) in [6.07, 6.45) is 1.82. The number of ether oxygens (including phenoxy) is 1. The minimum absolute atomic E-state index is 0.0922. The summed E-state index contributed by atoms with van der Waals surface area (Å²) in [6, 6.07) is 10.5. The van der Waals surface area contributed by atoms with E-state index in [-0.39, 0.29) is 11.9 Å². The van der Waals surface area contributed by atoms with Gasteiger partial charge in [0, 0.05) is 40.5 Å². The number of hydrogen-bond acceptors (Lipinski definition) is 6. The van der Waals surface area contributed by atoms with Crippen molar-refractivity contribution in [2.75, 3.05) is 17.8 Å². The summed E-state index contributed by atoms with van der Waals surface area (Å²) in [5, 5.41) is 3.09. The maximum Gasteiger partial charge on any atom is 0.147 e. The highest BCUT2D eigenvalue weighted by Gasteiger charge is 2.22. The van der Waals surface area contributed by atoms with E-state index < -0.39 is 0 Å². The zero-order chi connectivity index (χ0) is 20.9. The van der Waals surface area contributed by atoms with E-state index >= 15 is 0 Å². The molecule has 1 aliphatic rings. The molecule has 0 bridgehead atoms. The van der Waals surface area contributed by atoms with E-state index in [4.69, 9.17) is 27.9 Å². The largest absolute Gasteiger partial charge is 0.489 e. The van der Waals surface area contributed by atoms with Gasteiger partial charge in [-0.3, -0.25) is 4.90 Å². The molecule has 0 spiro atoms. The number of rotatable bonds is 7. The van der Waals surface area contributed by atoms with Crippen LogP contribution in [0, 0.1) is 5.82 Å². The van der Waals surface area contributed by atoms with E-state index in [0.29, 0.717) is 27.9 Å². The van der Waals surface area contributed by atoms with Crippen molar-refractivity contribution in [3.63, 3.8) is 0 Å². The van der Waals surface area contributed by atoms with Crippen LogP contribution in [0.1, 0.15) is 18.4 Å². The van der Waals surface area contributed by atoms with Crippen molar-refractivity contribution in [3.05, 3.63) is 68.7 Å². The highest BCUT2D eigenvalue weighted by molar-refractivity contribution is 8.00. The Morgan fingerprint density at radius 2 is 2.03 bits per heavy atom. The second kappa shape index (κ2) is 10.2. The lowest BCUT2D eigenvalue weighted by Crippen LogP contribution is -2.38. The second-order valence-electron chi connectivity index (χ2n) is 7.00. The molecule has 1 fully saturated rings. The molecule has 4 nitrogen and oxygen atoms in total. The first-order valence-electron chi connectivity index (χ1n) is 9.50. The average molecular weight is 484 g/mol. The third-order valence-corrected chi connectivity index (χ3v) is 6.76. The van der Waals surface area contributed by atoms with Crippen LogP contribution in [0.15, 0.2) is 52.2 Å². The molecule has 1 N–H and O–H groups in total. The van der Waals surface area contributed by atoms with Gasteiger partial charge in [0.2, 0.25) is 0 Å². The van der Waals surface area contributed by atoms with Crippen LogP contribution >= 0.6 is 46.5 Å². The van der Waals surface area contributed by atoms with Crippen LogP contribution < -0.4 is 9.46 Å². The van der Waals surface area contributed by atoms with Crippen molar-refractivity contribution in [1.82, 2.24) is 9.88 Å². The van der Waals surface area contributed by atoms with E-state index in [0.717, 1.165) is 36.6 Å². The standard InChI is InChI=1S/C21H20Cl2FN3OS2/c22-15-1-3-19(24)14(9-15)11-27-7-5-16(6-8-27)28-20-4-2-17(10-18(20)23)30-26-21-12-29-13-25-21/h1-4,9-10,12-13,16,26H,5-8,11H2. The van der Waals surface area contributed by atoms with E-state index in [1.807, 2.05) is 23.6 Å². The average Bonchev–Trinajstić information content (AvgIpc) is 3.26. The van der Waals surface area contributed by atoms with Crippen molar-refractivity contribution < 1.29 is 9.13 Å².